The van der Waals surface area contributed by atoms with Crippen molar-refractivity contribution in [2.75, 3.05) is 13.1 Å². The average molecular weight is 544 g/mol. The molecule has 0 amide bonds. The Morgan fingerprint density at radius 2 is 2.00 bits per heavy atom. The van der Waals surface area contributed by atoms with E-state index in [1.54, 1.807) is 6.07 Å². The van der Waals surface area contributed by atoms with E-state index >= 15 is 0 Å². The number of halogens is 2. The van der Waals surface area contributed by atoms with Crippen LogP contribution in [0.1, 0.15) is 47.8 Å². The van der Waals surface area contributed by atoms with E-state index in [4.69, 9.17) is 16.2 Å². The van der Waals surface area contributed by atoms with Crippen LogP contribution in [0.4, 0.5) is 5.69 Å². The molecule has 3 aliphatic carbocycles. The Balaban J connectivity index is 0.00000126. The van der Waals surface area contributed by atoms with Gasteiger partial charge in [0.2, 0.25) is 0 Å². The summed E-state index contributed by atoms with van der Waals surface area (Å²) in [7, 11) is 0. The number of guanidine groups is 1. The maximum Gasteiger partial charge on any atom is 0.191 e. The number of piperidine rings is 1. The first-order valence-electron chi connectivity index (χ1n) is 12.6. The van der Waals surface area contributed by atoms with Crippen LogP contribution in [-0.4, -0.2) is 50.8 Å². The van der Waals surface area contributed by atoms with Crippen molar-refractivity contribution in [2.24, 2.45) is 22.4 Å². The zero-order valence-corrected chi connectivity index (χ0v) is 21.9. The predicted molar refractivity (Wildman–Crippen MR) is 146 cm³/mol. The zero-order valence-electron chi connectivity index (χ0n) is 20.2. The van der Waals surface area contributed by atoms with Crippen LogP contribution >= 0.6 is 24.8 Å². The second-order valence-corrected chi connectivity index (χ2v) is 11.2. The van der Waals surface area contributed by atoms with Crippen LogP contribution in [0, 0.1) is 5.92 Å². The standard InChI is InChI=1S/C27H29N5O3.2ClH/c28-25(29)30-15-4-5-18-16(10-15)17-11-27(34)20-9-14-3-6-19(33)23-21(14)26(27,24(35-23)22(17)31-18)7-8-32(20)12-13-1-2-13;;/h3-6,10,13,20,24,31,33-34H,1-2,7-9,11-12H2,(H4,28,29,30);2*1H/t20?,24?,26-,27+;;/m0../s1. The van der Waals surface area contributed by atoms with Crippen molar-refractivity contribution in [2.45, 2.75) is 55.3 Å². The molecule has 4 atom stereocenters. The SMILES string of the molecule is Cl.Cl.NC(N)=Nc1ccc2[nH]c3c(c2c1)C[C@@]1(O)C2Cc4ccc(O)c5c4[C@@]1(CCN2CC1CC1)C3O5. The molecule has 196 valence electrons. The number of nitrogens with zero attached hydrogens (tertiary/aromatic N) is 2. The summed E-state index contributed by atoms with van der Waals surface area (Å²) >= 11 is 0. The minimum atomic E-state index is -1.01. The molecule has 2 bridgehead atoms. The number of aromatic nitrogens is 1. The zero-order chi connectivity index (χ0) is 23.7. The van der Waals surface area contributed by atoms with Gasteiger partial charge in [-0.3, -0.25) is 4.90 Å². The smallest absolute Gasteiger partial charge is 0.191 e. The fourth-order valence-corrected chi connectivity index (χ4v) is 7.83. The maximum absolute atomic E-state index is 12.9. The van der Waals surface area contributed by atoms with E-state index in [2.05, 4.69) is 14.9 Å². The number of fused-ring (bicyclic) bond motifs is 4. The Bertz CT molecular complexity index is 1470. The van der Waals surface area contributed by atoms with E-state index < -0.39 is 11.0 Å². The van der Waals surface area contributed by atoms with E-state index in [-0.39, 0.29) is 48.7 Å². The molecule has 2 fully saturated rings. The highest BCUT2D eigenvalue weighted by molar-refractivity contribution is 5.90. The first-order chi connectivity index (χ1) is 16.9. The molecule has 1 saturated heterocycles. The molecule has 8 rings (SSSR count). The second-order valence-electron chi connectivity index (χ2n) is 11.2. The average Bonchev–Trinajstić information content (AvgIpc) is 3.46. The Hall–Kier alpha value is -2.65. The number of nitrogens with two attached hydrogens (primary N) is 2. The van der Waals surface area contributed by atoms with E-state index in [0.717, 1.165) is 59.6 Å². The van der Waals surface area contributed by atoms with Gasteiger partial charge in [-0.1, -0.05) is 6.07 Å². The van der Waals surface area contributed by atoms with Crippen LogP contribution in [-0.2, 0) is 18.3 Å². The number of aromatic amines is 1. The molecule has 3 aromatic rings. The summed E-state index contributed by atoms with van der Waals surface area (Å²) in [5.41, 5.74) is 15.6. The second kappa shape index (κ2) is 7.93. The lowest BCUT2D eigenvalue weighted by Gasteiger charge is -2.62. The number of aliphatic hydroxyl groups is 1. The third-order valence-electron chi connectivity index (χ3n) is 9.40. The highest BCUT2D eigenvalue weighted by Gasteiger charge is 2.72. The van der Waals surface area contributed by atoms with Gasteiger partial charge in [0.1, 0.15) is 0 Å². The number of rotatable bonds is 3. The van der Waals surface area contributed by atoms with Crippen LogP contribution in [0.15, 0.2) is 35.3 Å². The summed E-state index contributed by atoms with van der Waals surface area (Å²) in [4.78, 5) is 10.4. The van der Waals surface area contributed by atoms with Gasteiger partial charge in [0.25, 0.3) is 0 Å². The van der Waals surface area contributed by atoms with Crippen molar-refractivity contribution in [3.8, 4) is 11.5 Å². The minimum absolute atomic E-state index is 0. The molecule has 2 aliphatic heterocycles. The molecule has 0 radical (unpaired) electrons. The van der Waals surface area contributed by atoms with Crippen LogP contribution in [0.2, 0.25) is 0 Å². The summed E-state index contributed by atoms with van der Waals surface area (Å²) in [6, 6.07) is 9.64. The van der Waals surface area contributed by atoms with E-state index in [0.29, 0.717) is 17.9 Å². The Labute approximate surface area is 226 Å². The van der Waals surface area contributed by atoms with Crippen LogP contribution in [0.3, 0.4) is 0 Å². The van der Waals surface area contributed by atoms with E-state index in [9.17, 15) is 10.2 Å². The molecule has 2 aromatic carbocycles. The minimum Gasteiger partial charge on any atom is -0.504 e. The Morgan fingerprint density at radius 3 is 2.76 bits per heavy atom. The van der Waals surface area contributed by atoms with Gasteiger partial charge in [-0.2, -0.15) is 0 Å². The lowest BCUT2D eigenvalue weighted by molar-refractivity contribution is -0.173. The number of ether oxygens (including phenoxy) is 1. The lowest BCUT2D eigenvalue weighted by atomic mass is 9.49. The molecule has 8 nitrogen and oxygen atoms in total. The lowest BCUT2D eigenvalue weighted by Crippen LogP contribution is -2.74. The number of likely N-dealkylation sites (tertiary alicyclic amines) is 1. The largest absolute Gasteiger partial charge is 0.504 e. The van der Waals surface area contributed by atoms with Crippen LogP contribution in [0.5, 0.6) is 11.5 Å². The van der Waals surface area contributed by atoms with Crippen LogP contribution in [0.25, 0.3) is 10.9 Å². The molecule has 37 heavy (non-hydrogen) atoms. The number of phenolic OH excluding ortho intramolecular Hbond substituents is 1. The van der Waals surface area contributed by atoms with E-state index in [1.165, 1.54) is 18.4 Å². The van der Waals surface area contributed by atoms with Crippen molar-refractivity contribution in [1.29, 1.82) is 0 Å². The third kappa shape index (κ3) is 3.01. The van der Waals surface area contributed by atoms with Gasteiger partial charge in [-0.25, -0.2) is 4.99 Å². The molecule has 7 N–H and O–H groups in total. The summed E-state index contributed by atoms with van der Waals surface area (Å²) in [5, 5.41) is 24.7. The summed E-state index contributed by atoms with van der Waals surface area (Å²) in [5.74, 6) is 1.46. The van der Waals surface area contributed by atoms with Gasteiger partial charge in [-0.15, -0.1) is 24.8 Å². The molecule has 10 heteroatoms. The Kier molecular flexibility index (Phi) is 5.29. The fourth-order valence-electron chi connectivity index (χ4n) is 7.83. The molecule has 5 aliphatic rings. The van der Waals surface area contributed by atoms with Crippen molar-refractivity contribution >= 4 is 47.4 Å². The van der Waals surface area contributed by atoms with E-state index in [1.807, 2.05) is 24.3 Å². The number of benzene rings is 2. The van der Waals surface area contributed by atoms with Crippen LogP contribution < -0.4 is 16.2 Å². The molecular weight excluding hydrogens is 513 g/mol. The summed E-state index contributed by atoms with van der Waals surface area (Å²) in [6.07, 6.45) is 4.27. The van der Waals surface area contributed by atoms with Gasteiger partial charge < -0.3 is 31.4 Å². The first kappa shape index (κ1) is 24.7. The number of aromatic hydroxyl groups is 1. The number of hydrogen-bond acceptors (Lipinski definition) is 5. The molecule has 1 spiro atoms. The molecule has 1 saturated carbocycles. The third-order valence-corrected chi connectivity index (χ3v) is 9.40. The van der Waals surface area contributed by atoms with Gasteiger partial charge in [0.05, 0.1) is 22.4 Å². The molecule has 1 aromatic heterocycles. The molecular formula is C27H31Cl2N5O3. The van der Waals surface area contributed by atoms with Gasteiger partial charge in [-0.05, 0) is 73.5 Å². The number of hydrogen-bond donors (Lipinski definition) is 5. The van der Waals surface area contributed by atoms with Crippen molar-refractivity contribution in [3.63, 3.8) is 0 Å². The topological polar surface area (TPSA) is 133 Å². The summed E-state index contributed by atoms with van der Waals surface area (Å²) < 4.78 is 6.63. The highest BCUT2D eigenvalue weighted by atomic mass is 35.5. The fraction of sp³-hybridized carbons (Fsp3) is 0.444. The van der Waals surface area contributed by atoms with Crippen molar-refractivity contribution in [3.05, 3.63) is 52.7 Å². The van der Waals surface area contributed by atoms with Gasteiger partial charge in [0, 0.05) is 35.5 Å². The van der Waals surface area contributed by atoms with Gasteiger partial charge >= 0.3 is 0 Å². The predicted octanol–water partition coefficient (Wildman–Crippen LogP) is 3.32. The Morgan fingerprint density at radius 1 is 1.19 bits per heavy atom. The number of H-pyrrole nitrogens is 1. The summed E-state index contributed by atoms with van der Waals surface area (Å²) in [6.45, 7) is 1.98. The quantitative estimate of drug-likeness (QED) is 0.254. The molecule has 3 heterocycles. The van der Waals surface area contributed by atoms with Gasteiger partial charge in [0.15, 0.2) is 23.6 Å². The normalized spacial score (nSPS) is 30.4. The van der Waals surface area contributed by atoms with Crippen molar-refractivity contribution in [1.82, 2.24) is 9.88 Å². The first-order valence-corrected chi connectivity index (χ1v) is 12.6. The number of phenols is 1. The monoisotopic (exact) mass is 543 g/mol. The number of aliphatic imine (C=N–C) groups is 1. The maximum atomic E-state index is 12.9. The highest BCUT2D eigenvalue weighted by Crippen LogP contribution is 2.69. The van der Waals surface area contributed by atoms with Crippen molar-refractivity contribution < 1.29 is 14.9 Å². The molecule has 2 unspecified atom stereocenters. The number of nitrogens with one attached hydrogen (secondary N) is 1.